The van der Waals surface area contributed by atoms with E-state index < -0.39 is 7.12 Å². The van der Waals surface area contributed by atoms with E-state index in [2.05, 4.69) is 15.5 Å². The third-order valence-corrected chi connectivity index (χ3v) is 6.12. The Morgan fingerprint density at radius 2 is 2.00 bits per heavy atom. The van der Waals surface area contributed by atoms with Crippen LogP contribution in [0.2, 0.25) is 6.32 Å². The van der Waals surface area contributed by atoms with Crippen molar-refractivity contribution < 1.29 is 10.0 Å². The van der Waals surface area contributed by atoms with Crippen LogP contribution >= 0.6 is 11.8 Å². The summed E-state index contributed by atoms with van der Waals surface area (Å²) in [6, 6.07) is 1.92. The highest BCUT2D eigenvalue weighted by Crippen LogP contribution is 2.32. The van der Waals surface area contributed by atoms with Gasteiger partial charge in [-0.15, -0.1) is 11.8 Å². The first-order valence-electron chi connectivity index (χ1n) is 8.45. The number of hydrogen-bond donors (Lipinski definition) is 4. The van der Waals surface area contributed by atoms with Crippen molar-refractivity contribution in [1.29, 1.82) is 0 Å². The number of rotatable bonds is 6. The van der Waals surface area contributed by atoms with Gasteiger partial charge >= 0.3 is 7.12 Å². The molecule has 5 nitrogen and oxygen atoms in total. The predicted molar refractivity (Wildman–Crippen MR) is 88.2 cm³/mol. The van der Waals surface area contributed by atoms with Crippen molar-refractivity contribution in [3.05, 3.63) is 0 Å². The van der Waals surface area contributed by atoms with Crippen molar-refractivity contribution in [1.82, 2.24) is 15.5 Å². The summed E-state index contributed by atoms with van der Waals surface area (Å²) in [7, 11) is -1.15. The molecule has 1 aliphatic carbocycles. The van der Waals surface area contributed by atoms with Gasteiger partial charge < -0.3 is 15.4 Å². The van der Waals surface area contributed by atoms with Crippen LogP contribution in [-0.2, 0) is 0 Å². The van der Waals surface area contributed by atoms with Crippen LogP contribution in [0.3, 0.4) is 0 Å². The molecule has 2 saturated heterocycles. The van der Waals surface area contributed by atoms with Crippen molar-refractivity contribution in [3.63, 3.8) is 0 Å². The fraction of sp³-hybridized carbons (Fsp3) is 1.00. The van der Waals surface area contributed by atoms with Crippen LogP contribution in [0.1, 0.15) is 38.5 Å². The van der Waals surface area contributed by atoms with Gasteiger partial charge in [0.25, 0.3) is 0 Å². The standard InChI is InChI=1S/C14H28BN3O2S/c19-15(20)7-3-4-8-18-13-6-2-1-5-11(13)17-14(18)12-9-21-10-16-12/h11-14,16-17,19-20H,1-10H2. The summed E-state index contributed by atoms with van der Waals surface area (Å²) in [5, 5.41) is 25.5. The lowest BCUT2D eigenvalue weighted by molar-refractivity contribution is 0.143. The molecule has 0 bridgehead atoms. The molecule has 0 aromatic carbocycles. The molecular weight excluding hydrogens is 285 g/mol. The van der Waals surface area contributed by atoms with E-state index >= 15 is 0 Å². The number of fused-ring (bicyclic) bond motifs is 1. The van der Waals surface area contributed by atoms with Crippen LogP contribution < -0.4 is 10.6 Å². The van der Waals surface area contributed by atoms with Gasteiger partial charge in [-0.2, -0.15) is 0 Å². The molecule has 4 unspecified atom stereocenters. The van der Waals surface area contributed by atoms with E-state index in [1.807, 2.05) is 11.8 Å². The average molecular weight is 313 g/mol. The topological polar surface area (TPSA) is 67.8 Å². The van der Waals surface area contributed by atoms with E-state index in [0.29, 0.717) is 30.6 Å². The monoisotopic (exact) mass is 313 g/mol. The van der Waals surface area contributed by atoms with Crippen molar-refractivity contribution in [2.75, 3.05) is 18.2 Å². The number of thioether (sulfide) groups is 1. The van der Waals surface area contributed by atoms with Gasteiger partial charge in [0.2, 0.25) is 0 Å². The van der Waals surface area contributed by atoms with Gasteiger partial charge in [-0.25, -0.2) is 0 Å². The lowest BCUT2D eigenvalue weighted by Crippen LogP contribution is -2.52. The molecule has 0 spiro atoms. The SMILES string of the molecule is OB(O)CCCCN1C2CCCCC2NC1C1CSCN1. The Balaban J connectivity index is 1.57. The molecule has 1 saturated carbocycles. The number of unbranched alkanes of at least 4 members (excludes halogenated alkanes) is 1. The summed E-state index contributed by atoms with van der Waals surface area (Å²) < 4.78 is 0. The summed E-state index contributed by atoms with van der Waals surface area (Å²) in [5.41, 5.74) is 0. The lowest BCUT2D eigenvalue weighted by Gasteiger charge is -2.34. The normalized spacial score (nSPS) is 36.9. The first kappa shape index (κ1) is 16.1. The van der Waals surface area contributed by atoms with Crippen molar-refractivity contribution in [2.45, 2.75) is 69.1 Å². The largest absolute Gasteiger partial charge is 0.451 e. The molecule has 2 aliphatic heterocycles. The predicted octanol–water partition coefficient (Wildman–Crippen LogP) is 0.444. The van der Waals surface area contributed by atoms with Crippen LogP contribution in [0.15, 0.2) is 0 Å². The van der Waals surface area contributed by atoms with Crippen LogP contribution in [-0.4, -0.2) is 64.5 Å². The molecule has 0 amide bonds. The maximum Gasteiger partial charge on any atom is 0.451 e. The fourth-order valence-electron chi connectivity index (χ4n) is 4.11. The second-order valence-corrected chi connectivity index (χ2v) is 7.64. The Morgan fingerprint density at radius 3 is 2.76 bits per heavy atom. The molecule has 3 fully saturated rings. The van der Waals surface area contributed by atoms with E-state index in [0.717, 1.165) is 25.3 Å². The number of hydrogen-bond acceptors (Lipinski definition) is 6. The smallest absolute Gasteiger partial charge is 0.427 e. The Hall–Kier alpha value is 0.215. The second-order valence-electron chi connectivity index (χ2n) is 6.61. The molecule has 120 valence electrons. The van der Waals surface area contributed by atoms with Gasteiger partial charge in [-0.3, -0.25) is 10.2 Å². The van der Waals surface area contributed by atoms with Gasteiger partial charge in [0, 0.05) is 36.3 Å². The second kappa shape index (κ2) is 7.66. The Kier molecular flexibility index (Phi) is 5.87. The molecule has 0 radical (unpaired) electrons. The molecule has 4 atom stereocenters. The van der Waals surface area contributed by atoms with Gasteiger partial charge in [0.15, 0.2) is 0 Å². The molecule has 21 heavy (non-hydrogen) atoms. The van der Waals surface area contributed by atoms with Crippen molar-refractivity contribution in [3.8, 4) is 0 Å². The zero-order chi connectivity index (χ0) is 14.7. The van der Waals surface area contributed by atoms with E-state index in [-0.39, 0.29) is 0 Å². The Bertz CT molecular complexity index is 331. The summed E-state index contributed by atoms with van der Waals surface area (Å²) in [6.07, 6.45) is 8.25. The van der Waals surface area contributed by atoms with E-state index in [1.54, 1.807) is 0 Å². The van der Waals surface area contributed by atoms with E-state index in [1.165, 1.54) is 31.4 Å². The van der Waals surface area contributed by atoms with Crippen LogP contribution in [0.4, 0.5) is 0 Å². The highest BCUT2D eigenvalue weighted by molar-refractivity contribution is 7.99. The summed E-state index contributed by atoms with van der Waals surface area (Å²) in [4.78, 5) is 2.68. The van der Waals surface area contributed by atoms with Crippen LogP contribution in [0, 0.1) is 0 Å². The highest BCUT2D eigenvalue weighted by Gasteiger charge is 2.44. The van der Waals surface area contributed by atoms with Gasteiger partial charge in [-0.1, -0.05) is 19.3 Å². The van der Waals surface area contributed by atoms with E-state index in [9.17, 15) is 0 Å². The molecule has 2 heterocycles. The molecule has 0 aromatic rings. The molecule has 7 heteroatoms. The third-order valence-electron chi connectivity index (χ3n) is 5.15. The zero-order valence-electron chi connectivity index (χ0n) is 12.7. The fourth-order valence-corrected chi connectivity index (χ4v) is 5.11. The third kappa shape index (κ3) is 3.95. The molecule has 0 aromatic heterocycles. The molecule has 4 N–H and O–H groups in total. The molecule has 3 aliphatic rings. The average Bonchev–Trinajstić information content (AvgIpc) is 3.11. The first-order chi connectivity index (χ1) is 10.3. The van der Waals surface area contributed by atoms with Gasteiger partial charge in [-0.05, 0) is 25.6 Å². The maximum absolute atomic E-state index is 8.97. The quantitative estimate of drug-likeness (QED) is 0.422. The van der Waals surface area contributed by atoms with Gasteiger partial charge in [0.1, 0.15) is 0 Å². The summed E-state index contributed by atoms with van der Waals surface area (Å²) >= 11 is 1.99. The van der Waals surface area contributed by atoms with E-state index in [4.69, 9.17) is 10.0 Å². The Morgan fingerprint density at radius 1 is 1.14 bits per heavy atom. The number of nitrogens with one attached hydrogen (secondary N) is 2. The highest BCUT2D eigenvalue weighted by atomic mass is 32.2. The molecular formula is C14H28BN3O2S. The van der Waals surface area contributed by atoms with Crippen molar-refractivity contribution >= 4 is 18.9 Å². The zero-order valence-corrected chi connectivity index (χ0v) is 13.5. The minimum Gasteiger partial charge on any atom is -0.427 e. The van der Waals surface area contributed by atoms with Crippen molar-refractivity contribution in [2.24, 2.45) is 0 Å². The maximum atomic E-state index is 8.97. The van der Waals surface area contributed by atoms with Crippen LogP contribution in [0.5, 0.6) is 0 Å². The molecule has 3 rings (SSSR count). The lowest BCUT2D eigenvalue weighted by atomic mass is 9.83. The summed E-state index contributed by atoms with van der Waals surface area (Å²) in [6.45, 7) is 1.08. The summed E-state index contributed by atoms with van der Waals surface area (Å²) in [5.74, 6) is 2.27. The Labute approximate surface area is 132 Å². The minimum atomic E-state index is -1.15. The first-order valence-corrected chi connectivity index (χ1v) is 9.60. The van der Waals surface area contributed by atoms with Crippen LogP contribution in [0.25, 0.3) is 0 Å². The number of nitrogens with zero attached hydrogens (tertiary/aromatic N) is 1. The minimum absolute atomic E-state index is 0.465. The van der Waals surface area contributed by atoms with Gasteiger partial charge in [0.05, 0.1) is 6.17 Å².